The highest BCUT2D eigenvalue weighted by atomic mass is 127. The average Bonchev–Trinajstić information content (AvgIpc) is 3.21. The smallest absolute Gasteiger partial charge is 0.248 e. The van der Waals surface area contributed by atoms with Crippen molar-refractivity contribution >= 4 is 47.4 Å². The number of piperidine rings is 1. The first-order valence-electron chi connectivity index (χ1n) is 10.4. The molecule has 0 atom stereocenters. The molecule has 31 heavy (non-hydrogen) atoms. The first-order chi connectivity index (χ1) is 14.5. The van der Waals surface area contributed by atoms with E-state index in [1.54, 1.807) is 12.1 Å². The molecule has 1 fully saturated rings. The van der Waals surface area contributed by atoms with Gasteiger partial charge in [-0.15, -0.1) is 24.0 Å². The van der Waals surface area contributed by atoms with Crippen LogP contribution in [0, 0.1) is 5.92 Å². The summed E-state index contributed by atoms with van der Waals surface area (Å²) in [6.07, 6.45) is 1.78. The van der Waals surface area contributed by atoms with Gasteiger partial charge in [0.25, 0.3) is 0 Å². The molecule has 1 saturated heterocycles. The van der Waals surface area contributed by atoms with E-state index in [-0.39, 0.29) is 48.4 Å². The van der Waals surface area contributed by atoms with Crippen LogP contribution in [0.4, 0.5) is 0 Å². The SMILES string of the molecule is CCNC(=NCc1nc(-c2cccc(Cl)c2)no1)NC1CCN(C(=O)C(C)C)CC1.I. The summed E-state index contributed by atoms with van der Waals surface area (Å²) in [6, 6.07) is 7.59. The number of aliphatic imine (C=N–C) groups is 1. The van der Waals surface area contributed by atoms with Gasteiger partial charge in [-0.2, -0.15) is 4.98 Å². The summed E-state index contributed by atoms with van der Waals surface area (Å²) in [4.78, 5) is 23.1. The summed E-state index contributed by atoms with van der Waals surface area (Å²) in [7, 11) is 0. The van der Waals surface area contributed by atoms with Crippen molar-refractivity contribution in [1.82, 2.24) is 25.7 Å². The zero-order valence-corrected chi connectivity index (χ0v) is 21.2. The molecule has 2 heterocycles. The molecule has 0 bridgehead atoms. The number of amides is 1. The number of nitrogens with one attached hydrogen (secondary N) is 2. The van der Waals surface area contributed by atoms with E-state index >= 15 is 0 Å². The number of nitrogens with zero attached hydrogens (tertiary/aromatic N) is 4. The van der Waals surface area contributed by atoms with Gasteiger partial charge in [0.05, 0.1) is 0 Å². The third kappa shape index (κ3) is 7.34. The van der Waals surface area contributed by atoms with E-state index in [2.05, 4.69) is 25.8 Å². The molecule has 0 aliphatic carbocycles. The monoisotopic (exact) mass is 560 g/mol. The summed E-state index contributed by atoms with van der Waals surface area (Å²) in [5.74, 6) is 1.89. The molecule has 0 unspecified atom stereocenters. The number of rotatable bonds is 6. The summed E-state index contributed by atoms with van der Waals surface area (Å²) < 4.78 is 5.33. The lowest BCUT2D eigenvalue weighted by Crippen LogP contribution is -2.50. The van der Waals surface area contributed by atoms with Gasteiger partial charge in [-0.25, -0.2) is 4.99 Å². The molecule has 1 amide bonds. The molecule has 1 aromatic heterocycles. The fourth-order valence-corrected chi connectivity index (χ4v) is 3.52. The summed E-state index contributed by atoms with van der Waals surface area (Å²) >= 11 is 6.03. The molecular formula is C21H30ClIN6O2. The fourth-order valence-electron chi connectivity index (χ4n) is 3.33. The van der Waals surface area contributed by atoms with Crippen molar-refractivity contribution in [3.05, 3.63) is 35.2 Å². The van der Waals surface area contributed by atoms with Crippen LogP contribution in [0.2, 0.25) is 5.02 Å². The zero-order chi connectivity index (χ0) is 21.5. The van der Waals surface area contributed by atoms with Crippen LogP contribution >= 0.6 is 35.6 Å². The lowest BCUT2D eigenvalue weighted by atomic mass is 10.0. The van der Waals surface area contributed by atoms with E-state index in [0.717, 1.165) is 38.0 Å². The fraction of sp³-hybridized carbons (Fsp3) is 0.524. The minimum atomic E-state index is 0. The van der Waals surface area contributed by atoms with Crippen molar-refractivity contribution in [3.8, 4) is 11.4 Å². The Kier molecular flexibility index (Phi) is 10.0. The summed E-state index contributed by atoms with van der Waals surface area (Å²) in [6.45, 7) is 8.45. The molecule has 1 aliphatic rings. The summed E-state index contributed by atoms with van der Waals surface area (Å²) in [5, 5.41) is 11.3. The molecular weight excluding hydrogens is 531 g/mol. The number of halogens is 2. The molecule has 0 saturated carbocycles. The maximum Gasteiger partial charge on any atom is 0.248 e. The van der Waals surface area contributed by atoms with Crippen molar-refractivity contribution in [1.29, 1.82) is 0 Å². The van der Waals surface area contributed by atoms with Crippen LogP contribution in [0.3, 0.4) is 0 Å². The average molecular weight is 561 g/mol. The molecule has 0 radical (unpaired) electrons. The van der Waals surface area contributed by atoms with Gasteiger partial charge in [-0.05, 0) is 31.9 Å². The van der Waals surface area contributed by atoms with Crippen LogP contribution in [-0.2, 0) is 11.3 Å². The van der Waals surface area contributed by atoms with Gasteiger partial charge >= 0.3 is 0 Å². The van der Waals surface area contributed by atoms with E-state index in [9.17, 15) is 4.79 Å². The van der Waals surface area contributed by atoms with Crippen LogP contribution in [0.5, 0.6) is 0 Å². The number of likely N-dealkylation sites (tertiary alicyclic amines) is 1. The number of guanidine groups is 1. The molecule has 2 N–H and O–H groups in total. The first-order valence-corrected chi connectivity index (χ1v) is 10.8. The normalized spacial score (nSPS) is 15.0. The van der Waals surface area contributed by atoms with Gasteiger partial charge in [0.1, 0.15) is 6.54 Å². The molecule has 0 spiro atoms. The predicted octanol–water partition coefficient (Wildman–Crippen LogP) is 3.71. The number of benzene rings is 1. The quantitative estimate of drug-likeness (QED) is 0.318. The first kappa shape index (κ1) is 25.4. The Labute approximate surface area is 205 Å². The predicted molar refractivity (Wildman–Crippen MR) is 133 cm³/mol. The topological polar surface area (TPSA) is 95.7 Å². The lowest BCUT2D eigenvalue weighted by molar-refractivity contribution is -0.135. The van der Waals surface area contributed by atoms with Crippen molar-refractivity contribution in [2.45, 2.75) is 46.2 Å². The molecule has 1 aromatic carbocycles. The van der Waals surface area contributed by atoms with Gasteiger partial charge in [-0.3, -0.25) is 4.79 Å². The maximum absolute atomic E-state index is 12.2. The van der Waals surface area contributed by atoms with Crippen LogP contribution in [0.15, 0.2) is 33.8 Å². The third-order valence-electron chi connectivity index (χ3n) is 4.91. The van der Waals surface area contributed by atoms with Crippen molar-refractivity contribution in [3.63, 3.8) is 0 Å². The van der Waals surface area contributed by atoms with Crippen molar-refractivity contribution in [2.75, 3.05) is 19.6 Å². The Bertz CT molecular complexity index is 880. The third-order valence-corrected chi connectivity index (χ3v) is 5.14. The Morgan fingerprint density at radius 3 is 2.74 bits per heavy atom. The highest BCUT2D eigenvalue weighted by Gasteiger charge is 2.24. The molecule has 8 nitrogen and oxygen atoms in total. The van der Waals surface area contributed by atoms with Gasteiger partial charge in [0.15, 0.2) is 5.96 Å². The van der Waals surface area contributed by atoms with E-state index < -0.39 is 0 Å². The number of aromatic nitrogens is 2. The van der Waals surface area contributed by atoms with Gasteiger partial charge < -0.3 is 20.1 Å². The number of hydrogen-bond donors (Lipinski definition) is 2. The van der Waals surface area contributed by atoms with E-state index in [1.807, 2.05) is 37.8 Å². The highest BCUT2D eigenvalue weighted by Crippen LogP contribution is 2.20. The molecule has 10 heteroatoms. The Morgan fingerprint density at radius 2 is 2.10 bits per heavy atom. The second kappa shape index (κ2) is 12.2. The standard InChI is InChI=1S/C21H29ClN6O2.HI/c1-4-23-21(25-17-8-10-28(11-9-17)20(29)14(2)3)24-13-18-26-19(27-30-18)15-6-5-7-16(22)12-15;/h5-7,12,14,17H,4,8-11,13H2,1-3H3,(H2,23,24,25);1H. The van der Waals surface area contributed by atoms with E-state index in [4.69, 9.17) is 16.1 Å². The van der Waals surface area contributed by atoms with Crippen LogP contribution in [0.1, 0.15) is 39.5 Å². The molecule has 2 aromatic rings. The van der Waals surface area contributed by atoms with Crippen LogP contribution in [0.25, 0.3) is 11.4 Å². The number of carbonyl (C=O) groups excluding carboxylic acids is 1. The molecule has 3 rings (SSSR count). The van der Waals surface area contributed by atoms with Crippen molar-refractivity contribution in [2.24, 2.45) is 10.9 Å². The van der Waals surface area contributed by atoms with E-state index in [1.165, 1.54) is 0 Å². The molecule has 170 valence electrons. The zero-order valence-electron chi connectivity index (χ0n) is 18.1. The Balaban J connectivity index is 0.00000341. The second-order valence-electron chi connectivity index (χ2n) is 7.62. The van der Waals surface area contributed by atoms with Crippen LogP contribution in [-0.4, -0.2) is 52.6 Å². The van der Waals surface area contributed by atoms with Gasteiger partial charge in [0, 0.05) is 42.2 Å². The minimum Gasteiger partial charge on any atom is -0.357 e. The largest absolute Gasteiger partial charge is 0.357 e. The second-order valence-corrected chi connectivity index (χ2v) is 8.05. The van der Waals surface area contributed by atoms with Crippen LogP contribution < -0.4 is 10.6 Å². The Morgan fingerprint density at radius 1 is 1.35 bits per heavy atom. The number of carbonyl (C=O) groups is 1. The van der Waals surface area contributed by atoms with Gasteiger partial charge in [0.2, 0.25) is 17.6 Å². The number of hydrogen-bond acceptors (Lipinski definition) is 5. The van der Waals surface area contributed by atoms with E-state index in [0.29, 0.717) is 22.7 Å². The Hall–Kier alpha value is -1.88. The highest BCUT2D eigenvalue weighted by molar-refractivity contribution is 14.0. The lowest BCUT2D eigenvalue weighted by Gasteiger charge is -2.34. The summed E-state index contributed by atoms with van der Waals surface area (Å²) in [5.41, 5.74) is 0.800. The molecule has 1 aliphatic heterocycles. The van der Waals surface area contributed by atoms with Gasteiger partial charge in [-0.1, -0.05) is 42.7 Å². The van der Waals surface area contributed by atoms with Crippen molar-refractivity contribution < 1.29 is 9.32 Å². The maximum atomic E-state index is 12.2. The minimum absolute atomic E-state index is 0.